The average Bonchev–Trinajstić information content (AvgIpc) is 2.59. The van der Waals surface area contributed by atoms with Crippen LogP contribution in [0.15, 0.2) is 18.2 Å². The molecule has 0 amide bonds. The van der Waals surface area contributed by atoms with Gasteiger partial charge in [0.15, 0.2) is 0 Å². The number of nitrogens with one attached hydrogen (secondary N) is 1. The SMILES string of the molecule is Cc1ccc2c(C(C)CN)[nH]nc2c1. The predicted molar refractivity (Wildman–Crippen MR) is 58.3 cm³/mol. The number of H-pyrrole nitrogens is 1. The van der Waals surface area contributed by atoms with E-state index >= 15 is 0 Å². The highest BCUT2D eigenvalue weighted by Crippen LogP contribution is 2.22. The topological polar surface area (TPSA) is 54.7 Å². The Morgan fingerprint density at radius 2 is 2.29 bits per heavy atom. The Kier molecular flexibility index (Phi) is 2.25. The molecule has 3 heteroatoms. The molecular weight excluding hydrogens is 174 g/mol. The van der Waals surface area contributed by atoms with Gasteiger partial charge in [-0.25, -0.2) is 0 Å². The lowest BCUT2D eigenvalue weighted by Crippen LogP contribution is -2.09. The third-order valence-electron chi connectivity index (χ3n) is 2.59. The summed E-state index contributed by atoms with van der Waals surface area (Å²) in [6, 6.07) is 6.29. The highest BCUT2D eigenvalue weighted by molar-refractivity contribution is 5.82. The molecule has 3 nitrogen and oxygen atoms in total. The molecule has 2 rings (SSSR count). The standard InChI is InChI=1S/C11H15N3/c1-7-3-4-9-10(5-7)13-14-11(9)8(2)6-12/h3-5,8H,6,12H2,1-2H3,(H,13,14). The van der Waals surface area contributed by atoms with Gasteiger partial charge in [-0.1, -0.05) is 19.1 Å². The molecule has 1 unspecified atom stereocenters. The summed E-state index contributed by atoms with van der Waals surface area (Å²) >= 11 is 0. The van der Waals surface area contributed by atoms with Crippen molar-refractivity contribution < 1.29 is 0 Å². The first-order chi connectivity index (χ1) is 6.72. The zero-order valence-corrected chi connectivity index (χ0v) is 8.54. The molecule has 0 aliphatic carbocycles. The Morgan fingerprint density at radius 1 is 1.50 bits per heavy atom. The maximum absolute atomic E-state index is 5.64. The van der Waals surface area contributed by atoms with E-state index in [-0.39, 0.29) is 0 Å². The Hall–Kier alpha value is -1.35. The van der Waals surface area contributed by atoms with Crippen LogP contribution in [-0.2, 0) is 0 Å². The van der Waals surface area contributed by atoms with Crippen molar-refractivity contribution in [1.82, 2.24) is 10.2 Å². The monoisotopic (exact) mass is 189 g/mol. The molecule has 1 aromatic carbocycles. The van der Waals surface area contributed by atoms with Crippen LogP contribution in [0.25, 0.3) is 10.9 Å². The zero-order chi connectivity index (χ0) is 10.1. The maximum Gasteiger partial charge on any atom is 0.0926 e. The number of fused-ring (bicyclic) bond motifs is 1. The first-order valence-electron chi connectivity index (χ1n) is 4.87. The number of nitrogens with two attached hydrogens (primary N) is 1. The molecule has 0 fully saturated rings. The summed E-state index contributed by atoms with van der Waals surface area (Å²) in [6.07, 6.45) is 0. The molecule has 74 valence electrons. The van der Waals surface area contributed by atoms with Crippen molar-refractivity contribution in [2.75, 3.05) is 6.54 Å². The first kappa shape index (κ1) is 9.21. The summed E-state index contributed by atoms with van der Waals surface area (Å²) in [5, 5.41) is 8.52. The van der Waals surface area contributed by atoms with Gasteiger partial charge in [0.2, 0.25) is 0 Å². The van der Waals surface area contributed by atoms with E-state index in [1.165, 1.54) is 10.9 Å². The molecule has 2 aromatic rings. The summed E-state index contributed by atoms with van der Waals surface area (Å²) < 4.78 is 0. The number of benzene rings is 1. The van der Waals surface area contributed by atoms with E-state index < -0.39 is 0 Å². The molecule has 0 saturated heterocycles. The summed E-state index contributed by atoms with van der Waals surface area (Å²) in [5.41, 5.74) is 9.04. The highest BCUT2D eigenvalue weighted by Gasteiger charge is 2.10. The lowest BCUT2D eigenvalue weighted by molar-refractivity contribution is 0.744. The summed E-state index contributed by atoms with van der Waals surface area (Å²) in [4.78, 5) is 0. The van der Waals surface area contributed by atoms with E-state index in [1.807, 2.05) is 0 Å². The number of hydrogen-bond acceptors (Lipinski definition) is 2. The van der Waals surface area contributed by atoms with Crippen molar-refractivity contribution in [3.63, 3.8) is 0 Å². The first-order valence-corrected chi connectivity index (χ1v) is 4.87. The Labute approximate surface area is 83.3 Å². The van der Waals surface area contributed by atoms with Crippen molar-refractivity contribution in [2.24, 2.45) is 5.73 Å². The van der Waals surface area contributed by atoms with Crippen molar-refractivity contribution in [3.05, 3.63) is 29.5 Å². The van der Waals surface area contributed by atoms with Gasteiger partial charge in [0.1, 0.15) is 0 Å². The molecule has 0 bridgehead atoms. The molecule has 1 heterocycles. The van der Waals surface area contributed by atoms with Crippen molar-refractivity contribution >= 4 is 10.9 Å². The lowest BCUT2D eigenvalue weighted by Gasteiger charge is -2.05. The number of rotatable bonds is 2. The van der Waals surface area contributed by atoms with E-state index in [0.717, 1.165) is 11.2 Å². The van der Waals surface area contributed by atoms with E-state index in [0.29, 0.717) is 12.5 Å². The van der Waals surface area contributed by atoms with Gasteiger partial charge >= 0.3 is 0 Å². The van der Waals surface area contributed by atoms with Crippen LogP contribution in [0.5, 0.6) is 0 Å². The van der Waals surface area contributed by atoms with Gasteiger partial charge in [-0.2, -0.15) is 5.10 Å². The van der Waals surface area contributed by atoms with Crippen LogP contribution in [0.1, 0.15) is 24.1 Å². The zero-order valence-electron chi connectivity index (χ0n) is 8.54. The van der Waals surface area contributed by atoms with Gasteiger partial charge in [0, 0.05) is 23.5 Å². The molecule has 1 atom stereocenters. The number of aromatic amines is 1. The van der Waals surface area contributed by atoms with Crippen LogP contribution < -0.4 is 5.73 Å². The van der Waals surface area contributed by atoms with Gasteiger partial charge in [0.05, 0.1) is 5.52 Å². The molecule has 0 saturated carbocycles. The Bertz CT molecular complexity index is 445. The van der Waals surface area contributed by atoms with Crippen LogP contribution in [0.2, 0.25) is 0 Å². The molecular formula is C11H15N3. The van der Waals surface area contributed by atoms with Crippen LogP contribution in [0.4, 0.5) is 0 Å². The van der Waals surface area contributed by atoms with E-state index in [9.17, 15) is 0 Å². The fourth-order valence-corrected chi connectivity index (χ4v) is 1.64. The van der Waals surface area contributed by atoms with E-state index in [4.69, 9.17) is 5.73 Å². The molecule has 0 aliphatic heterocycles. The summed E-state index contributed by atoms with van der Waals surface area (Å²) in [5.74, 6) is 0.336. The van der Waals surface area contributed by atoms with E-state index in [1.54, 1.807) is 0 Å². The highest BCUT2D eigenvalue weighted by atomic mass is 15.1. The van der Waals surface area contributed by atoms with Gasteiger partial charge in [0.25, 0.3) is 0 Å². The van der Waals surface area contributed by atoms with E-state index in [2.05, 4.69) is 42.2 Å². The average molecular weight is 189 g/mol. The lowest BCUT2D eigenvalue weighted by atomic mass is 10.0. The van der Waals surface area contributed by atoms with Gasteiger partial charge in [-0.15, -0.1) is 0 Å². The Balaban J connectivity index is 2.58. The fourth-order valence-electron chi connectivity index (χ4n) is 1.64. The minimum Gasteiger partial charge on any atom is -0.330 e. The molecule has 1 aromatic heterocycles. The summed E-state index contributed by atoms with van der Waals surface area (Å²) in [6.45, 7) is 4.82. The smallest absolute Gasteiger partial charge is 0.0926 e. The van der Waals surface area contributed by atoms with Crippen molar-refractivity contribution in [3.8, 4) is 0 Å². The van der Waals surface area contributed by atoms with Crippen molar-refractivity contribution in [1.29, 1.82) is 0 Å². The van der Waals surface area contributed by atoms with Crippen molar-refractivity contribution in [2.45, 2.75) is 19.8 Å². The Morgan fingerprint density at radius 3 is 3.00 bits per heavy atom. The van der Waals surface area contributed by atoms with Crippen LogP contribution >= 0.6 is 0 Å². The van der Waals surface area contributed by atoms with Crippen LogP contribution in [0, 0.1) is 6.92 Å². The number of hydrogen-bond donors (Lipinski definition) is 2. The summed E-state index contributed by atoms with van der Waals surface area (Å²) in [7, 11) is 0. The molecule has 0 aliphatic rings. The largest absolute Gasteiger partial charge is 0.330 e. The maximum atomic E-state index is 5.64. The third-order valence-corrected chi connectivity index (χ3v) is 2.59. The molecule has 14 heavy (non-hydrogen) atoms. The van der Waals surface area contributed by atoms with Gasteiger partial charge < -0.3 is 5.73 Å². The molecule has 3 N–H and O–H groups in total. The molecule has 0 radical (unpaired) electrons. The normalized spacial score (nSPS) is 13.4. The molecule has 0 spiro atoms. The van der Waals surface area contributed by atoms with Crippen LogP contribution in [-0.4, -0.2) is 16.7 Å². The van der Waals surface area contributed by atoms with Gasteiger partial charge in [-0.05, 0) is 18.6 Å². The van der Waals surface area contributed by atoms with Crippen LogP contribution in [0.3, 0.4) is 0 Å². The quantitative estimate of drug-likeness (QED) is 0.758. The minimum atomic E-state index is 0.336. The second-order valence-corrected chi connectivity index (χ2v) is 3.79. The fraction of sp³-hybridized carbons (Fsp3) is 0.364. The third kappa shape index (κ3) is 1.40. The van der Waals surface area contributed by atoms with Gasteiger partial charge in [-0.3, -0.25) is 5.10 Å². The second kappa shape index (κ2) is 3.42. The number of aryl methyl sites for hydroxylation is 1. The number of aromatic nitrogens is 2. The number of nitrogens with zero attached hydrogens (tertiary/aromatic N) is 1. The predicted octanol–water partition coefficient (Wildman–Crippen LogP) is 1.93. The minimum absolute atomic E-state index is 0.336. The second-order valence-electron chi connectivity index (χ2n) is 3.79.